The SMILES string of the molecule is C=C(C)CN(CC)C(=O)c1cccnc1Nc1ccccc1F. The minimum Gasteiger partial charge on any atom is -0.337 e. The van der Waals surface area contributed by atoms with Crippen LogP contribution >= 0.6 is 0 Å². The number of benzene rings is 1. The predicted octanol–water partition coefficient (Wildman–Crippen LogP) is 4.00. The van der Waals surface area contributed by atoms with Gasteiger partial charge in [-0.25, -0.2) is 9.37 Å². The first-order valence-electron chi connectivity index (χ1n) is 7.43. The predicted molar refractivity (Wildman–Crippen MR) is 90.3 cm³/mol. The molecular weight excluding hydrogens is 293 g/mol. The Bertz CT molecular complexity index is 715. The number of nitrogens with zero attached hydrogens (tertiary/aromatic N) is 2. The van der Waals surface area contributed by atoms with Gasteiger partial charge in [0, 0.05) is 19.3 Å². The summed E-state index contributed by atoms with van der Waals surface area (Å²) in [5.74, 6) is -0.226. The van der Waals surface area contributed by atoms with Crippen LogP contribution in [0.25, 0.3) is 0 Å². The Kier molecular flexibility index (Phi) is 5.46. The van der Waals surface area contributed by atoms with Gasteiger partial charge in [0.2, 0.25) is 0 Å². The van der Waals surface area contributed by atoms with Crippen LogP contribution in [0.4, 0.5) is 15.9 Å². The zero-order chi connectivity index (χ0) is 16.8. The van der Waals surface area contributed by atoms with E-state index in [0.717, 1.165) is 5.57 Å². The highest BCUT2D eigenvalue weighted by Gasteiger charge is 2.19. The summed E-state index contributed by atoms with van der Waals surface area (Å²) in [4.78, 5) is 18.6. The number of nitrogens with one attached hydrogen (secondary N) is 1. The maximum Gasteiger partial charge on any atom is 0.257 e. The highest BCUT2D eigenvalue weighted by Crippen LogP contribution is 2.22. The number of rotatable bonds is 6. The number of hydrogen-bond acceptors (Lipinski definition) is 3. The maximum atomic E-state index is 13.8. The Labute approximate surface area is 135 Å². The van der Waals surface area contributed by atoms with Gasteiger partial charge in [-0.1, -0.05) is 24.3 Å². The Morgan fingerprint density at radius 3 is 2.70 bits per heavy atom. The average Bonchev–Trinajstić information content (AvgIpc) is 2.54. The molecule has 0 atom stereocenters. The van der Waals surface area contributed by atoms with Gasteiger partial charge in [-0.2, -0.15) is 0 Å². The van der Waals surface area contributed by atoms with E-state index in [-0.39, 0.29) is 11.6 Å². The highest BCUT2D eigenvalue weighted by atomic mass is 19.1. The van der Waals surface area contributed by atoms with Gasteiger partial charge in [0.1, 0.15) is 11.6 Å². The van der Waals surface area contributed by atoms with Crippen molar-refractivity contribution in [3.05, 3.63) is 66.1 Å². The number of para-hydroxylation sites is 1. The molecule has 4 nitrogen and oxygen atoms in total. The van der Waals surface area contributed by atoms with Gasteiger partial charge in [0.15, 0.2) is 0 Å². The van der Waals surface area contributed by atoms with E-state index >= 15 is 0 Å². The normalized spacial score (nSPS) is 10.2. The van der Waals surface area contributed by atoms with E-state index in [9.17, 15) is 9.18 Å². The number of hydrogen-bond donors (Lipinski definition) is 1. The van der Waals surface area contributed by atoms with E-state index in [1.54, 1.807) is 41.4 Å². The van der Waals surface area contributed by atoms with Crippen molar-refractivity contribution >= 4 is 17.4 Å². The lowest BCUT2D eigenvalue weighted by Gasteiger charge is -2.22. The number of pyridine rings is 1. The van der Waals surface area contributed by atoms with E-state index in [1.807, 2.05) is 13.8 Å². The molecule has 0 bridgehead atoms. The molecule has 2 rings (SSSR count). The Morgan fingerprint density at radius 2 is 2.04 bits per heavy atom. The van der Waals surface area contributed by atoms with Crippen molar-refractivity contribution in [2.24, 2.45) is 0 Å². The lowest BCUT2D eigenvalue weighted by Crippen LogP contribution is -2.32. The van der Waals surface area contributed by atoms with Crippen molar-refractivity contribution in [2.45, 2.75) is 13.8 Å². The molecule has 0 aliphatic heterocycles. The van der Waals surface area contributed by atoms with Crippen LogP contribution in [0.5, 0.6) is 0 Å². The quantitative estimate of drug-likeness (QED) is 0.820. The summed E-state index contributed by atoms with van der Waals surface area (Å²) in [5.41, 5.74) is 1.58. The molecule has 23 heavy (non-hydrogen) atoms. The second-order valence-electron chi connectivity index (χ2n) is 5.28. The zero-order valence-electron chi connectivity index (χ0n) is 13.3. The number of amides is 1. The summed E-state index contributed by atoms with van der Waals surface area (Å²) in [6.45, 7) is 8.65. The fraction of sp³-hybridized carbons (Fsp3) is 0.222. The molecule has 0 fully saturated rings. The van der Waals surface area contributed by atoms with Crippen LogP contribution in [-0.4, -0.2) is 28.9 Å². The van der Waals surface area contributed by atoms with E-state index in [0.29, 0.717) is 24.5 Å². The largest absolute Gasteiger partial charge is 0.337 e. The fourth-order valence-electron chi connectivity index (χ4n) is 2.19. The van der Waals surface area contributed by atoms with E-state index in [1.165, 1.54) is 6.07 Å². The van der Waals surface area contributed by atoms with Crippen molar-refractivity contribution in [3.8, 4) is 0 Å². The topological polar surface area (TPSA) is 45.2 Å². The third-order valence-electron chi connectivity index (χ3n) is 3.29. The third kappa shape index (κ3) is 4.16. The molecule has 0 radical (unpaired) electrons. The highest BCUT2D eigenvalue weighted by molar-refractivity contribution is 5.99. The summed E-state index contributed by atoms with van der Waals surface area (Å²) in [5, 5.41) is 2.90. The van der Waals surface area contributed by atoms with Crippen molar-refractivity contribution in [1.29, 1.82) is 0 Å². The monoisotopic (exact) mass is 313 g/mol. The zero-order valence-corrected chi connectivity index (χ0v) is 13.3. The summed E-state index contributed by atoms with van der Waals surface area (Å²) < 4.78 is 13.8. The maximum absolute atomic E-state index is 13.8. The van der Waals surface area contributed by atoms with Crippen LogP contribution in [0.3, 0.4) is 0 Å². The second-order valence-corrected chi connectivity index (χ2v) is 5.28. The first-order valence-corrected chi connectivity index (χ1v) is 7.43. The lowest BCUT2D eigenvalue weighted by molar-refractivity contribution is 0.0779. The molecule has 0 unspecified atom stereocenters. The Balaban J connectivity index is 2.31. The van der Waals surface area contributed by atoms with Crippen LogP contribution in [0, 0.1) is 5.82 Å². The smallest absolute Gasteiger partial charge is 0.257 e. The van der Waals surface area contributed by atoms with Crippen LogP contribution in [0.15, 0.2) is 54.7 Å². The molecule has 1 amide bonds. The van der Waals surface area contributed by atoms with E-state index in [4.69, 9.17) is 0 Å². The number of likely N-dealkylation sites (N-methyl/N-ethyl adjacent to an activating group) is 1. The molecule has 5 heteroatoms. The standard InChI is InChI=1S/C18H20FN3O/c1-4-22(12-13(2)3)18(23)14-8-7-11-20-17(14)21-16-10-6-5-9-15(16)19/h5-11H,2,4,12H2,1,3H3,(H,20,21). The van der Waals surface area contributed by atoms with Crippen molar-refractivity contribution in [3.63, 3.8) is 0 Å². The molecule has 0 spiro atoms. The van der Waals surface area contributed by atoms with Gasteiger partial charge in [0.05, 0.1) is 11.3 Å². The average molecular weight is 313 g/mol. The van der Waals surface area contributed by atoms with Crippen LogP contribution < -0.4 is 5.32 Å². The summed E-state index contributed by atoms with van der Waals surface area (Å²) in [6, 6.07) is 9.65. The van der Waals surface area contributed by atoms with Crippen LogP contribution in [0.1, 0.15) is 24.2 Å². The minimum atomic E-state index is -0.397. The van der Waals surface area contributed by atoms with Gasteiger partial charge in [0.25, 0.3) is 5.91 Å². The van der Waals surface area contributed by atoms with Crippen molar-refractivity contribution in [2.75, 3.05) is 18.4 Å². The molecule has 1 N–H and O–H groups in total. The molecule has 1 aromatic heterocycles. The van der Waals surface area contributed by atoms with Crippen LogP contribution in [-0.2, 0) is 0 Å². The van der Waals surface area contributed by atoms with E-state index < -0.39 is 5.82 Å². The number of carbonyl (C=O) groups is 1. The molecule has 0 aliphatic rings. The van der Waals surface area contributed by atoms with Gasteiger partial charge in [-0.3, -0.25) is 4.79 Å². The molecule has 120 valence electrons. The van der Waals surface area contributed by atoms with Gasteiger partial charge >= 0.3 is 0 Å². The Morgan fingerprint density at radius 1 is 1.30 bits per heavy atom. The molecule has 1 heterocycles. The fourth-order valence-corrected chi connectivity index (χ4v) is 2.19. The molecule has 0 aliphatic carbocycles. The number of anilines is 2. The third-order valence-corrected chi connectivity index (χ3v) is 3.29. The molecule has 2 aromatic rings. The molecule has 0 saturated heterocycles. The summed E-state index contributed by atoms with van der Waals surface area (Å²) >= 11 is 0. The minimum absolute atomic E-state index is 0.164. The van der Waals surface area contributed by atoms with Gasteiger partial charge in [-0.05, 0) is 38.1 Å². The second kappa shape index (κ2) is 7.54. The number of carbonyl (C=O) groups excluding carboxylic acids is 1. The first-order chi connectivity index (χ1) is 11.0. The summed E-state index contributed by atoms with van der Waals surface area (Å²) in [6.07, 6.45) is 1.56. The van der Waals surface area contributed by atoms with Crippen LogP contribution in [0.2, 0.25) is 0 Å². The number of aromatic nitrogens is 1. The van der Waals surface area contributed by atoms with Crippen molar-refractivity contribution < 1.29 is 9.18 Å². The summed E-state index contributed by atoms with van der Waals surface area (Å²) in [7, 11) is 0. The molecule has 1 aromatic carbocycles. The number of halogens is 1. The van der Waals surface area contributed by atoms with Gasteiger partial charge < -0.3 is 10.2 Å². The van der Waals surface area contributed by atoms with Gasteiger partial charge in [-0.15, -0.1) is 0 Å². The Hall–Kier alpha value is -2.69. The van der Waals surface area contributed by atoms with Crippen molar-refractivity contribution in [1.82, 2.24) is 9.88 Å². The van der Waals surface area contributed by atoms with E-state index in [2.05, 4.69) is 16.9 Å². The lowest BCUT2D eigenvalue weighted by atomic mass is 10.2. The first kappa shape index (κ1) is 16.7. The molecular formula is C18H20FN3O. The molecule has 0 saturated carbocycles.